The molecule has 1 N–H and O–H groups in total. The molecule has 4 amide bonds. The van der Waals surface area contributed by atoms with Gasteiger partial charge in [0.15, 0.2) is 0 Å². The molecule has 2 saturated heterocycles. The Morgan fingerprint density at radius 1 is 0.594 bits per heavy atom. The Balaban J connectivity index is 0.000000205. The third-order valence-corrected chi connectivity index (χ3v) is 13.9. The number of aryl methyl sites for hydroxylation is 2. The van der Waals surface area contributed by atoms with Gasteiger partial charge >= 0.3 is 18.2 Å². The zero-order valence-electron chi connectivity index (χ0n) is 41.6. The standard InChI is InChI=1S/C27H36N4O5.C25H34N4O4/c1-5-21-22(6-2)30(14-10-11-15-36-19(4)32)24(28-21)16-31-23-13-9-8-12-20(23)27(25(31)33)17-29(18-27)26(34)35-7-3;1-4-19-20(5-2)28(13-9-10-14-30)22(26-19)15-29-21-12-8-7-11-18(21)25(23(29)31)16-27(17-25)24(32)33-6-3/h8-9,12-13H,5-7,10-11,14-18H2,1-4H3;7-8,11-12,30H,4-6,9-10,13-17H2,1-3H3. The van der Waals surface area contributed by atoms with Gasteiger partial charge in [-0.05, 0) is 88.5 Å². The van der Waals surface area contributed by atoms with Gasteiger partial charge in [-0.15, -0.1) is 0 Å². The lowest BCUT2D eigenvalue weighted by Crippen LogP contribution is -2.65. The molecule has 4 aliphatic heterocycles. The highest BCUT2D eigenvalue weighted by atomic mass is 16.6. The maximum Gasteiger partial charge on any atom is 0.409 e. The molecule has 0 atom stereocenters. The number of fused-ring (bicyclic) bond motifs is 4. The van der Waals surface area contributed by atoms with Gasteiger partial charge in [-0.1, -0.05) is 64.1 Å². The average Bonchev–Trinajstić information content (AvgIpc) is 3.99. The number of aromatic nitrogens is 4. The Labute approximate surface area is 405 Å². The summed E-state index contributed by atoms with van der Waals surface area (Å²) < 4.78 is 19.8. The molecule has 17 nitrogen and oxygen atoms in total. The largest absolute Gasteiger partial charge is 0.466 e. The van der Waals surface area contributed by atoms with E-state index in [1.165, 1.54) is 18.3 Å². The maximum atomic E-state index is 13.9. The molecule has 0 radical (unpaired) electrons. The number of unbranched alkanes of at least 4 members (excludes halogenated alkanes) is 2. The summed E-state index contributed by atoms with van der Waals surface area (Å²) in [6, 6.07) is 15.7. The topological polar surface area (TPSA) is 182 Å². The van der Waals surface area contributed by atoms with Gasteiger partial charge in [-0.25, -0.2) is 19.6 Å². The van der Waals surface area contributed by atoms with E-state index >= 15 is 0 Å². The first-order chi connectivity index (χ1) is 33.4. The lowest BCUT2D eigenvalue weighted by molar-refractivity contribution is -0.141. The van der Waals surface area contributed by atoms with Gasteiger partial charge in [0.2, 0.25) is 11.8 Å². The second kappa shape index (κ2) is 22.0. The Bertz CT molecular complexity index is 2500. The molecule has 0 bridgehead atoms. The minimum absolute atomic E-state index is 0.00440. The number of carbonyl (C=O) groups is 5. The van der Waals surface area contributed by atoms with E-state index in [-0.39, 0.29) is 36.6 Å². The Hall–Kier alpha value is -6.23. The predicted molar refractivity (Wildman–Crippen MR) is 260 cm³/mol. The number of hydrogen-bond donors (Lipinski definition) is 1. The molecular weight excluding hydrogens is 881 g/mol. The number of amides is 4. The summed E-state index contributed by atoms with van der Waals surface area (Å²) >= 11 is 0. The van der Waals surface area contributed by atoms with Crippen LogP contribution in [0.15, 0.2) is 48.5 Å². The van der Waals surface area contributed by atoms with Crippen molar-refractivity contribution in [3.63, 3.8) is 0 Å². The highest BCUT2D eigenvalue weighted by Gasteiger charge is 2.61. The van der Waals surface area contributed by atoms with Gasteiger partial charge in [-0.2, -0.15) is 0 Å². The number of aliphatic hydroxyl groups excluding tert-OH is 1. The number of esters is 1. The number of imidazole rings is 2. The predicted octanol–water partition coefficient (Wildman–Crippen LogP) is 6.65. The molecule has 17 heteroatoms. The molecular formula is C52H70N8O9. The molecule has 6 heterocycles. The molecule has 8 rings (SSSR count). The van der Waals surface area contributed by atoms with E-state index in [0.29, 0.717) is 59.1 Å². The highest BCUT2D eigenvalue weighted by Crippen LogP contribution is 2.49. The minimum Gasteiger partial charge on any atom is -0.466 e. The summed E-state index contributed by atoms with van der Waals surface area (Å²) in [6.45, 7) is 18.2. The molecule has 2 aromatic heterocycles. The zero-order valence-corrected chi connectivity index (χ0v) is 41.6. The van der Waals surface area contributed by atoms with Gasteiger partial charge in [0.1, 0.15) is 22.5 Å². The van der Waals surface area contributed by atoms with Crippen LogP contribution in [0.5, 0.6) is 0 Å². The smallest absolute Gasteiger partial charge is 0.409 e. The second-order valence-electron chi connectivity index (χ2n) is 18.1. The number of para-hydroxylation sites is 2. The molecule has 2 spiro atoms. The number of anilines is 2. The van der Waals surface area contributed by atoms with Gasteiger partial charge in [0.05, 0.1) is 44.3 Å². The highest BCUT2D eigenvalue weighted by molar-refractivity contribution is 6.10. The average molecular weight is 951 g/mol. The molecule has 4 aromatic rings. The van der Waals surface area contributed by atoms with Crippen molar-refractivity contribution < 1.29 is 43.3 Å². The fraction of sp³-hybridized carbons (Fsp3) is 0.558. The van der Waals surface area contributed by atoms with Crippen LogP contribution in [-0.4, -0.2) is 117 Å². The van der Waals surface area contributed by atoms with Crippen LogP contribution in [0.4, 0.5) is 21.0 Å². The van der Waals surface area contributed by atoms with Crippen LogP contribution in [0.25, 0.3) is 0 Å². The number of hydrogen-bond acceptors (Lipinski definition) is 11. The fourth-order valence-corrected chi connectivity index (χ4v) is 10.6. The maximum absolute atomic E-state index is 13.9. The van der Waals surface area contributed by atoms with Crippen LogP contribution in [-0.2, 0) is 91.3 Å². The van der Waals surface area contributed by atoms with E-state index in [0.717, 1.165) is 110 Å². The first kappa shape index (κ1) is 50.6. The van der Waals surface area contributed by atoms with Crippen molar-refractivity contribution in [1.82, 2.24) is 28.9 Å². The molecule has 0 aliphatic carbocycles. The molecule has 4 aliphatic rings. The lowest BCUT2D eigenvalue weighted by Gasteiger charge is -2.45. The fourth-order valence-electron chi connectivity index (χ4n) is 10.6. The van der Waals surface area contributed by atoms with Gasteiger partial charge in [0, 0.05) is 75.6 Å². The lowest BCUT2D eigenvalue weighted by atomic mass is 9.75. The summed E-state index contributed by atoms with van der Waals surface area (Å²) in [5, 5.41) is 9.24. The van der Waals surface area contributed by atoms with E-state index in [1.54, 1.807) is 23.6 Å². The van der Waals surface area contributed by atoms with Crippen molar-refractivity contribution in [3.8, 4) is 0 Å². The van der Waals surface area contributed by atoms with Crippen LogP contribution in [0, 0.1) is 0 Å². The number of rotatable bonds is 19. The van der Waals surface area contributed by atoms with Crippen molar-refractivity contribution in [2.45, 2.75) is 137 Å². The third kappa shape index (κ3) is 9.71. The van der Waals surface area contributed by atoms with E-state index in [9.17, 15) is 29.1 Å². The van der Waals surface area contributed by atoms with Gasteiger partial charge < -0.3 is 48.1 Å². The molecule has 0 unspecified atom stereocenters. The number of ether oxygens (including phenoxy) is 3. The van der Waals surface area contributed by atoms with Crippen molar-refractivity contribution >= 4 is 41.3 Å². The number of nitrogens with zero attached hydrogens (tertiary/aromatic N) is 8. The zero-order chi connectivity index (χ0) is 49.5. The van der Waals surface area contributed by atoms with E-state index in [1.807, 2.05) is 58.3 Å². The van der Waals surface area contributed by atoms with Gasteiger partial charge in [0.25, 0.3) is 0 Å². The van der Waals surface area contributed by atoms with E-state index in [2.05, 4.69) is 36.8 Å². The van der Waals surface area contributed by atoms with Crippen LogP contribution in [0.1, 0.15) is 120 Å². The van der Waals surface area contributed by atoms with Crippen molar-refractivity contribution in [1.29, 1.82) is 0 Å². The third-order valence-electron chi connectivity index (χ3n) is 13.9. The first-order valence-corrected chi connectivity index (χ1v) is 24.9. The summed E-state index contributed by atoms with van der Waals surface area (Å²) in [5.74, 6) is 1.50. The summed E-state index contributed by atoms with van der Waals surface area (Å²) in [6.07, 6.45) is 5.84. The van der Waals surface area contributed by atoms with Crippen molar-refractivity contribution in [2.24, 2.45) is 0 Å². The quantitative estimate of drug-likeness (QED) is 0.0604. The molecule has 372 valence electrons. The molecule has 2 aromatic carbocycles. The molecule has 69 heavy (non-hydrogen) atoms. The van der Waals surface area contributed by atoms with Crippen LogP contribution in [0.3, 0.4) is 0 Å². The molecule has 2 fully saturated rings. The summed E-state index contributed by atoms with van der Waals surface area (Å²) in [4.78, 5) is 79.9. The first-order valence-electron chi connectivity index (χ1n) is 24.9. The number of carbonyl (C=O) groups excluding carboxylic acids is 5. The summed E-state index contributed by atoms with van der Waals surface area (Å²) in [7, 11) is 0. The minimum atomic E-state index is -0.730. The Morgan fingerprint density at radius 3 is 1.39 bits per heavy atom. The number of aliphatic hydroxyl groups is 1. The Kier molecular flexibility index (Phi) is 16.2. The number of likely N-dealkylation sites (tertiary alicyclic amines) is 2. The van der Waals surface area contributed by atoms with Crippen molar-refractivity contribution in [3.05, 3.63) is 94.1 Å². The van der Waals surface area contributed by atoms with Crippen LogP contribution < -0.4 is 9.80 Å². The van der Waals surface area contributed by atoms with E-state index in [4.69, 9.17) is 24.2 Å². The summed E-state index contributed by atoms with van der Waals surface area (Å²) in [5.41, 5.74) is 6.79. The van der Waals surface area contributed by atoms with E-state index < -0.39 is 10.8 Å². The van der Waals surface area contributed by atoms with Crippen LogP contribution in [0.2, 0.25) is 0 Å². The van der Waals surface area contributed by atoms with Crippen molar-refractivity contribution in [2.75, 3.05) is 62.4 Å². The molecule has 0 saturated carbocycles. The second-order valence-corrected chi connectivity index (χ2v) is 18.1. The van der Waals surface area contributed by atoms with Gasteiger partial charge in [-0.3, -0.25) is 14.4 Å². The SMILES string of the molecule is CCOC(=O)N1CC2(C1)C(=O)N(Cc1nc(CC)c(CC)n1CCCCO)c1ccccc12.CCOC(=O)N1CC2(C1)C(=O)N(Cc1nc(CC)c(CC)n1CCCCOC(C)=O)c1ccccc12. The Morgan fingerprint density at radius 2 is 1.01 bits per heavy atom. The monoisotopic (exact) mass is 951 g/mol. The van der Waals surface area contributed by atoms with Crippen LogP contribution >= 0.6 is 0 Å². The number of benzene rings is 2. The normalized spacial score (nSPS) is 16.0.